The first kappa shape index (κ1) is 72.8. The summed E-state index contributed by atoms with van der Waals surface area (Å²) >= 11 is 0. The molecule has 0 rings (SSSR count). The first-order valence-electron chi connectivity index (χ1n) is 32.8. The number of esters is 2. The van der Waals surface area contributed by atoms with E-state index in [0.717, 1.165) is 103 Å². The average molecular weight is 1060 g/mol. The largest absolute Gasteiger partial charge is 0.462 e. The number of aliphatic hydroxyl groups excluding tert-OH is 1. The molecule has 0 aromatic heterocycles. The predicted molar refractivity (Wildman–Crippen MR) is 334 cm³/mol. The highest BCUT2D eigenvalue weighted by Gasteiger charge is 2.16. The number of carbonyl (C=O) groups excluding carboxylic acids is 2. The minimum absolute atomic E-state index is 0.0752. The summed E-state index contributed by atoms with van der Waals surface area (Å²) in [5.74, 6) is -0.605. The molecule has 0 saturated heterocycles. The summed E-state index contributed by atoms with van der Waals surface area (Å²) in [6, 6.07) is 0. The van der Waals surface area contributed by atoms with E-state index in [4.69, 9.17) is 9.47 Å². The second kappa shape index (κ2) is 66.1. The quantitative estimate of drug-likeness (QED) is 0.0373. The standard InChI is InChI=1S/C71H124O5/c1-3-5-7-9-11-13-15-17-19-21-23-25-26-27-28-29-30-31-32-33-34-35-36-37-38-39-40-41-42-43-44-46-47-49-51-53-55-57-59-61-63-65-70(73)75-68-69(67-72)76-71(74)66-64-62-60-58-56-54-52-50-48-45-24-22-20-18-16-14-12-10-8-6-4-2/h6,8,12,14-15,17-18,20-21,23-24,26-27,45,50,52,69,72H,3-5,7,9-11,13,16,19,22,25,28-44,46-49,51,53-68H2,1-2H3/b8-6-,14-12-,17-15-,20-18-,23-21-,27-26-,45-24-,52-50-. The lowest BCUT2D eigenvalue weighted by Crippen LogP contribution is -2.28. The Bertz CT molecular complexity index is 1430. The maximum atomic E-state index is 12.3. The van der Waals surface area contributed by atoms with Crippen LogP contribution in [-0.4, -0.2) is 36.4 Å². The van der Waals surface area contributed by atoms with Gasteiger partial charge in [-0.2, -0.15) is 0 Å². The van der Waals surface area contributed by atoms with Crippen molar-refractivity contribution in [1.29, 1.82) is 0 Å². The van der Waals surface area contributed by atoms with Gasteiger partial charge in [-0.15, -0.1) is 0 Å². The number of aliphatic hydroxyl groups is 1. The van der Waals surface area contributed by atoms with Crippen LogP contribution < -0.4 is 0 Å². The van der Waals surface area contributed by atoms with E-state index in [1.807, 2.05) is 0 Å². The lowest BCUT2D eigenvalue weighted by molar-refractivity contribution is -0.161. The van der Waals surface area contributed by atoms with E-state index in [1.165, 1.54) is 193 Å². The highest BCUT2D eigenvalue weighted by atomic mass is 16.6. The van der Waals surface area contributed by atoms with Crippen molar-refractivity contribution in [3.05, 3.63) is 97.2 Å². The Kier molecular flexibility index (Phi) is 63.3. The number of carbonyl (C=O) groups is 2. The summed E-state index contributed by atoms with van der Waals surface area (Å²) in [5, 5.41) is 9.67. The van der Waals surface area contributed by atoms with E-state index < -0.39 is 6.10 Å². The molecule has 1 atom stereocenters. The summed E-state index contributed by atoms with van der Waals surface area (Å²) in [5.41, 5.74) is 0. The third-order valence-electron chi connectivity index (χ3n) is 14.4. The van der Waals surface area contributed by atoms with E-state index >= 15 is 0 Å². The molecule has 76 heavy (non-hydrogen) atoms. The maximum Gasteiger partial charge on any atom is 0.306 e. The van der Waals surface area contributed by atoms with Crippen LogP contribution in [0.4, 0.5) is 0 Å². The molecule has 0 radical (unpaired) electrons. The third kappa shape index (κ3) is 63.4. The molecular weight excluding hydrogens is 933 g/mol. The van der Waals surface area contributed by atoms with Crippen LogP contribution in [0.2, 0.25) is 0 Å². The minimum Gasteiger partial charge on any atom is -0.462 e. The van der Waals surface area contributed by atoms with E-state index in [-0.39, 0.29) is 25.2 Å². The molecule has 5 heteroatoms. The van der Waals surface area contributed by atoms with Gasteiger partial charge in [-0.25, -0.2) is 0 Å². The first-order valence-corrected chi connectivity index (χ1v) is 32.8. The van der Waals surface area contributed by atoms with Crippen molar-refractivity contribution in [1.82, 2.24) is 0 Å². The van der Waals surface area contributed by atoms with Gasteiger partial charge >= 0.3 is 11.9 Å². The molecule has 0 amide bonds. The van der Waals surface area contributed by atoms with Gasteiger partial charge in [0.1, 0.15) is 6.61 Å². The van der Waals surface area contributed by atoms with Crippen molar-refractivity contribution >= 4 is 11.9 Å². The molecule has 0 spiro atoms. The summed E-state index contributed by atoms with van der Waals surface area (Å²) in [7, 11) is 0. The Morgan fingerprint density at radius 1 is 0.316 bits per heavy atom. The maximum absolute atomic E-state index is 12.3. The zero-order chi connectivity index (χ0) is 54.8. The molecule has 0 aliphatic heterocycles. The van der Waals surface area contributed by atoms with Gasteiger partial charge in [0.25, 0.3) is 0 Å². The van der Waals surface area contributed by atoms with Crippen molar-refractivity contribution in [2.45, 2.75) is 328 Å². The second-order valence-corrected chi connectivity index (χ2v) is 21.8. The summed E-state index contributed by atoms with van der Waals surface area (Å²) < 4.78 is 10.7. The van der Waals surface area contributed by atoms with Crippen LogP contribution in [0.25, 0.3) is 0 Å². The molecule has 0 saturated carbocycles. The van der Waals surface area contributed by atoms with Crippen molar-refractivity contribution in [2.24, 2.45) is 0 Å². The Morgan fingerprint density at radius 3 is 0.855 bits per heavy atom. The Hall–Kier alpha value is -3.18. The number of allylic oxidation sites excluding steroid dienone is 16. The van der Waals surface area contributed by atoms with Crippen LogP contribution in [0.1, 0.15) is 322 Å². The van der Waals surface area contributed by atoms with E-state index in [0.29, 0.717) is 12.8 Å². The molecule has 1 unspecified atom stereocenters. The molecular formula is C71H124O5. The molecule has 5 nitrogen and oxygen atoms in total. The van der Waals surface area contributed by atoms with Crippen LogP contribution in [0.5, 0.6) is 0 Å². The number of hydrogen-bond donors (Lipinski definition) is 1. The van der Waals surface area contributed by atoms with Gasteiger partial charge in [0, 0.05) is 12.8 Å². The normalized spacial score (nSPS) is 12.8. The van der Waals surface area contributed by atoms with Crippen LogP contribution in [0.15, 0.2) is 97.2 Å². The van der Waals surface area contributed by atoms with Crippen molar-refractivity contribution in [3.8, 4) is 0 Å². The number of unbranched alkanes of at least 4 members (excludes halogenated alkanes) is 36. The van der Waals surface area contributed by atoms with Crippen LogP contribution in [0.3, 0.4) is 0 Å². The molecule has 0 heterocycles. The Labute approximate surface area is 472 Å². The fourth-order valence-corrected chi connectivity index (χ4v) is 9.47. The molecule has 0 aliphatic rings. The van der Waals surface area contributed by atoms with Gasteiger partial charge in [-0.05, 0) is 96.3 Å². The van der Waals surface area contributed by atoms with E-state index in [1.54, 1.807) is 0 Å². The number of ether oxygens (including phenoxy) is 2. The lowest BCUT2D eigenvalue weighted by atomic mass is 10.0. The Morgan fingerprint density at radius 2 is 0.566 bits per heavy atom. The molecule has 0 aromatic carbocycles. The fourth-order valence-electron chi connectivity index (χ4n) is 9.47. The van der Waals surface area contributed by atoms with Crippen molar-refractivity contribution in [2.75, 3.05) is 13.2 Å². The topological polar surface area (TPSA) is 72.8 Å². The predicted octanol–water partition coefficient (Wildman–Crippen LogP) is 22.6. The SMILES string of the molecule is CC/C=C\C/C=C\C/C=C\C/C=C\C/C=C\CCCCCCCC(=O)OC(CO)COC(=O)CCCCCCCCCCCCCCCCCCCCCCCCCCCC/C=C\C/C=C\C/C=C\CCCCCCC. The van der Waals surface area contributed by atoms with Crippen LogP contribution >= 0.6 is 0 Å². The van der Waals surface area contributed by atoms with Gasteiger partial charge in [0.2, 0.25) is 0 Å². The average Bonchev–Trinajstić information content (AvgIpc) is 3.42. The number of hydrogen-bond acceptors (Lipinski definition) is 5. The molecule has 1 N–H and O–H groups in total. The highest BCUT2D eigenvalue weighted by Crippen LogP contribution is 2.17. The van der Waals surface area contributed by atoms with Gasteiger partial charge in [0.05, 0.1) is 6.61 Å². The Balaban J connectivity index is 3.43. The monoisotopic (exact) mass is 1060 g/mol. The van der Waals surface area contributed by atoms with E-state index in [9.17, 15) is 14.7 Å². The van der Waals surface area contributed by atoms with Gasteiger partial charge in [-0.3, -0.25) is 9.59 Å². The van der Waals surface area contributed by atoms with Crippen LogP contribution in [0, 0.1) is 0 Å². The van der Waals surface area contributed by atoms with E-state index in [2.05, 4.69) is 111 Å². The molecule has 0 aliphatic carbocycles. The summed E-state index contributed by atoms with van der Waals surface area (Å²) in [4.78, 5) is 24.6. The first-order chi connectivity index (χ1) is 37.6. The molecule has 0 bridgehead atoms. The van der Waals surface area contributed by atoms with Gasteiger partial charge < -0.3 is 14.6 Å². The van der Waals surface area contributed by atoms with Gasteiger partial charge in [-0.1, -0.05) is 310 Å². The fraction of sp³-hybridized carbons (Fsp3) is 0.746. The molecule has 438 valence electrons. The van der Waals surface area contributed by atoms with Crippen molar-refractivity contribution in [3.63, 3.8) is 0 Å². The van der Waals surface area contributed by atoms with Gasteiger partial charge in [0.15, 0.2) is 6.10 Å². The zero-order valence-electron chi connectivity index (χ0n) is 50.3. The lowest BCUT2D eigenvalue weighted by Gasteiger charge is -2.15. The summed E-state index contributed by atoms with van der Waals surface area (Å²) in [6.07, 6.45) is 94.3. The highest BCUT2D eigenvalue weighted by molar-refractivity contribution is 5.70. The smallest absolute Gasteiger partial charge is 0.306 e. The summed E-state index contributed by atoms with van der Waals surface area (Å²) in [6.45, 7) is 4.02. The molecule has 0 aromatic rings. The van der Waals surface area contributed by atoms with Crippen molar-refractivity contribution < 1.29 is 24.2 Å². The second-order valence-electron chi connectivity index (χ2n) is 21.8. The number of rotatable bonds is 60. The molecule has 0 fully saturated rings. The van der Waals surface area contributed by atoms with Crippen LogP contribution in [-0.2, 0) is 19.1 Å². The minimum atomic E-state index is -0.787. The zero-order valence-corrected chi connectivity index (χ0v) is 50.3. The third-order valence-corrected chi connectivity index (χ3v) is 14.4.